The van der Waals surface area contributed by atoms with Gasteiger partial charge in [0.15, 0.2) is 0 Å². The zero-order valence-corrected chi connectivity index (χ0v) is 13.2. The van der Waals surface area contributed by atoms with Crippen LogP contribution in [0, 0.1) is 10.5 Å². The van der Waals surface area contributed by atoms with Gasteiger partial charge in [-0.1, -0.05) is 36.4 Å². The Balaban J connectivity index is 2.12. The summed E-state index contributed by atoms with van der Waals surface area (Å²) in [6.45, 7) is 2.67. The Morgan fingerprint density at radius 3 is 2.47 bits per heavy atom. The molecule has 0 saturated carbocycles. The van der Waals surface area contributed by atoms with E-state index in [0.29, 0.717) is 6.54 Å². The van der Waals surface area contributed by atoms with Gasteiger partial charge in [0.05, 0.1) is 0 Å². The molecule has 0 bridgehead atoms. The first kappa shape index (κ1) is 14.1. The van der Waals surface area contributed by atoms with Crippen LogP contribution in [-0.2, 0) is 6.54 Å². The Morgan fingerprint density at radius 2 is 1.84 bits per heavy atom. The highest BCUT2D eigenvalue weighted by Gasteiger charge is 2.12. The van der Waals surface area contributed by atoms with Crippen LogP contribution in [0.2, 0.25) is 0 Å². The third-order valence-corrected chi connectivity index (χ3v) is 4.19. The van der Waals surface area contributed by atoms with E-state index in [9.17, 15) is 4.79 Å². The van der Waals surface area contributed by atoms with Crippen molar-refractivity contribution in [3.63, 3.8) is 0 Å². The molecule has 0 spiro atoms. The normalized spacial score (nSPS) is 10.3. The lowest BCUT2D eigenvalue weighted by Crippen LogP contribution is -2.26. The molecule has 0 aliphatic rings. The van der Waals surface area contributed by atoms with Gasteiger partial charge >= 0.3 is 0 Å². The molecule has 0 aliphatic carbocycles. The van der Waals surface area contributed by atoms with Crippen molar-refractivity contribution in [1.29, 1.82) is 0 Å². The van der Waals surface area contributed by atoms with Gasteiger partial charge in [0.25, 0.3) is 5.91 Å². The summed E-state index contributed by atoms with van der Waals surface area (Å²) in [6, 6.07) is 15.8. The maximum absolute atomic E-state index is 12.3. The lowest BCUT2D eigenvalue weighted by Gasteiger charge is -2.17. The molecule has 2 rings (SSSR count). The number of aryl methyl sites for hydroxylation is 1. The summed E-state index contributed by atoms with van der Waals surface area (Å²) in [6.07, 6.45) is 0. The summed E-state index contributed by atoms with van der Waals surface area (Å²) < 4.78 is 1.12. The van der Waals surface area contributed by atoms with Crippen molar-refractivity contribution < 1.29 is 4.79 Å². The molecule has 0 aromatic heterocycles. The SMILES string of the molecule is Cc1ccc(C(=O)N(C)Cc2ccccc2)cc1I. The van der Waals surface area contributed by atoms with E-state index in [4.69, 9.17) is 0 Å². The number of rotatable bonds is 3. The van der Waals surface area contributed by atoms with E-state index in [0.717, 1.165) is 14.7 Å². The molecule has 0 unspecified atom stereocenters. The number of hydrogen-bond acceptors (Lipinski definition) is 1. The number of carbonyl (C=O) groups is 1. The minimum absolute atomic E-state index is 0.0572. The number of benzene rings is 2. The molecular formula is C16H16INO. The van der Waals surface area contributed by atoms with Gasteiger partial charge in [-0.05, 0) is 52.8 Å². The van der Waals surface area contributed by atoms with Crippen molar-refractivity contribution in [2.24, 2.45) is 0 Å². The highest BCUT2D eigenvalue weighted by atomic mass is 127. The standard InChI is InChI=1S/C16H16INO/c1-12-8-9-14(10-15(12)17)16(19)18(2)11-13-6-4-3-5-7-13/h3-10H,11H2,1-2H3. The third-order valence-electron chi connectivity index (χ3n) is 3.03. The second-order valence-electron chi connectivity index (χ2n) is 4.61. The van der Waals surface area contributed by atoms with Gasteiger partial charge in [-0.2, -0.15) is 0 Å². The summed E-state index contributed by atoms with van der Waals surface area (Å²) in [5, 5.41) is 0. The fraction of sp³-hybridized carbons (Fsp3) is 0.188. The summed E-state index contributed by atoms with van der Waals surface area (Å²) in [5.41, 5.74) is 3.08. The van der Waals surface area contributed by atoms with E-state index in [1.165, 1.54) is 5.56 Å². The predicted molar refractivity (Wildman–Crippen MR) is 86.1 cm³/mol. The summed E-state index contributed by atoms with van der Waals surface area (Å²) in [4.78, 5) is 14.1. The quantitative estimate of drug-likeness (QED) is 0.757. The zero-order valence-electron chi connectivity index (χ0n) is 11.1. The second kappa shape index (κ2) is 6.19. The predicted octanol–water partition coefficient (Wildman–Crippen LogP) is 3.87. The maximum Gasteiger partial charge on any atom is 0.253 e. The van der Waals surface area contributed by atoms with Crippen molar-refractivity contribution in [2.45, 2.75) is 13.5 Å². The molecule has 98 valence electrons. The Bertz CT molecular complexity index is 581. The third kappa shape index (κ3) is 3.56. The van der Waals surface area contributed by atoms with Gasteiger partial charge < -0.3 is 4.90 Å². The van der Waals surface area contributed by atoms with E-state index in [1.54, 1.807) is 4.90 Å². The molecule has 0 radical (unpaired) electrons. The van der Waals surface area contributed by atoms with E-state index in [-0.39, 0.29) is 5.91 Å². The fourth-order valence-corrected chi connectivity index (χ4v) is 2.39. The lowest BCUT2D eigenvalue weighted by atomic mass is 10.1. The minimum Gasteiger partial charge on any atom is -0.337 e. The number of carbonyl (C=O) groups excluding carboxylic acids is 1. The molecule has 3 heteroatoms. The highest BCUT2D eigenvalue weighted by Crippen LogP contribution is 2.15. The van der Waals surface area contributed by atoms with Crippen LogP contribution in [-0.4, -0.2) is 17.9 Å². The number of halogens is 1. The van der Waals surface area contributed by atoms with Crippen LogP contribution in [0.5, 0.6) is 0 Å². The maximum atomic E-state index is 12.3. The first-order valence-electron chi connectivity index (χ1n) is 6.13. The molecule has 0 heterocycles. The van der Waals surface area contributed by atoms with Crippen molar-refractivity contribution in [3.8, 4) is 0 Å². The Kier molecular flexibility index (Phi) is 4.58. The van der Waals surface area contributed by atoms with Crippen LogP contribution < -0.4 is 0 Å². The van der Waals surface area contributed by atoms with Crippen LogP contribution in [0.15, 0.2) is 48.5 Å². The lowest BCUT2D eigenvalue weighted by molar-refractivity contribution is 0.0785. The van der Waals surface area contributed by atoms with E-state index >= 15 is 0 Å². The molecule has 2 aromatic rings. The molecule has 0 N–H and O–H groups in total. The molecular weight excluding hydrogens is 349 g/mol. The fourth-order valence-electron chi connectivity index (χ4n) is 1.88. The smallest absolute Gasteiger partial charge is 0.253 e. The molecule has 0 fully saturated rings. The van der Waals surface area contributed by atoms with Crippen LogP contribution in [0.1, 0.15) is 21.5 Å². The van der Waals surface area contributed by atoms with Crippen LogP contribution >= 0.6 is 22.6 Å². The van der Waals surface area contributed by atoms with Crippen LogP contribution in [0.25, 0.3) is 0 Å². The van der Waals surface area contributed by atoms with Gasteiger partial charge in [0.1, 0.15) is 0 Å². The largest absolute Gasteiger partial charge is 0.337 e. The van der Waals surface area contributed by atoms with Crippen molar-refractivity contribution in [2.75, 3.05) is 7.05 Å². The van der Waals surface area contributed by atoms with Crippen molar-refractivity contribution in [1.82, 2.24) is 4.90 Å². The second-order valence-corrected chi connectivity index (χ2v) is 5.77. The minimum atomic E-state index is 0.0572. The average Bonchev–Trinajstić information content (AvgIpc) is 2.42. The molecule has 2 aromatic carbocycles. The van der Waals surface area contributed by atoms with E-state index in [2.05, 4.69) is 22.6 Å². The molecule has 19 heavy (non-hydrogen) atoms. The first-order chi connectivity index (χ1) is 9.08. The summed E-state index contributed by atoms with van der Waals surface area (Å²) >= 11 is 2.26. The van der Waals surface area contributed by atoms with E-state index in [1.807, 2.05) is 62.5 Å². The number of nitrogens with zero attached hydrogens (tertiary/aromatic N) is 1. The van der Waals surface area contributed by atoms with Crippen molar-refractivity contribution >= 4 is 28.5 Å². The van der Waals surface area contributed by atoms with Crippen molar-refractivity contribution in [3.05, 3.63) is 68.8 Å². The van der Waals surface area contributed by atoms with Crippen LogP contribution in [0.3, 0.4) is 0 Å². The highest BCUT2D eigenvalue weighted by molar-refractivity contribution is 14.1. The Labute approximate surface area is 127 Å². The van der Waals surface area contributed by atoms with Gasteiger partial charge in [-0.15, -0.1) is 0 Å². The topological polar surface area (TPSA) is 20.3 Å². The van der Waals surface area contributed by atoms with E-state index < -0.39 is 0 Å². The molecule has 1 amide bonds. The summed E-state index contributed by atoms with van der Waals surface area (Å²) in [5.74, 6) is 0.0572. The van der Waals surface area contributed by atoms with Gasteiger partial charge in [0.2, 0.25) is 0 Å². The van der Waals surface area contributed by atoms with Gasteiger partial charge in [-0.3, -0.25) is 4.79 Å². The number of hydrogen-bond donors (Lipinski definition) is 0. The first-order valence-corrected chi connectivity index (χ1v) is 7.21. The number of amides is 1. The molecule has 2 nitrogen and oxygen atoms in total. The molecule has 0 saturated heterocycles. The zero-order chi connectivity index (χ0) is 13.8. The Hall–Kier alpha value is -1.36. The monoisotopic (exact) mass is 365 g/mol. The molecule has 0 aliphatic heterocycles. The van der Waals surface area contributed by atoms with Gasteiger partial charge in [-0.25, -0.2) is 0 Å². The summed E-state index contributed by atoms with van der Waals surface area (Å²) in [7, 11) is 1.84. The van der Waals surface area contributed by atoms with Crippen LogP contribution in [0.4, 0.5) is 0 Å². The molecule has 0 atom stereocenters. The van der Waals surface area contributed by atoms with Gasteiger partial charge in [0, 0.05) is 22.7 Å². The average molecular weight is 365 g/mol. The Morgan fingerprint density at radius 1 is 1.16 bits per heavy atom.